The van der Waals surface area contributed by atoms with E-state index in [2.05, 4.69) is 84.7 Å². The van der Waals surface area contributed by atoms with E-state index >= 15 is 0 Å². The molecule has 3 nitrogen and oxygen atoms in total. The Morgan fingerprint density at radius 3 is 2.32 bits per heavy atom. The third-order valence-electron chi connectivity index (χ3n) is 5.71. The van der Waals surface area contributed by atoms with Gasteiger partial charge in [-0.15, -0.1) is 0 Å². The molecule has 1 amide bonds. The number of hydrogen-bond acceptors (Lipinski definition) is 2. The molecule has 1 fully saturated rings. The zero-order valence-electron chi connectivity index (χ0n) is 17.3. The molecule has 3 rings (SSSR count). The third kappa shape index (κ3) is 6.20. The van der Waals surface area contributed by atoms with Crippen LogP contribution in [0.3, 0.4) is 0 Å². The standard InChI is InChI=1S/C25H34N2O/c1-3-4-15-24(18-25(28)26-23-16-17-23)27(19-21-11-7-5-8-12-21)20(2)22-13-9-6-10-14-22/h5-14,20,23-24H,3-4,15-19H2,1-2H3,(H,26,28). The lowest BCUT2D eigenvalue weighted by Crippen LogP contribution is -2.41. The fourth-order valence-electron chi connectivity index (χ4n) is 3.85. The van der Waals surface area contributed by atoms with Gasteiger partial charge in [0.05, 0.1) is 0 Å². The summed E-state index contributed by atoms with van der Waals surface area (Å²) in [4.78, 5) is 15.2. The van der Waals surface area contributed by atoms with Gasteiger partial charge in [0.1, 0.15) is 0 Å². The van der Waals surface area contributed by atoms with E-state index < -0.39 is 0 Å². The Kier molecular flexibility index (Phi) is 7.67. The lowest BCUT2D eigenvalue weighted by molar-refractivity contribution is -0.122. The summed E-state index contributed by atoms with van der Waals surface area (Å²) in [6.07, 6.45) is 6.21. The largest absolute Gasteiger partial charge is 0.353 e. The number of hydrogen-bond donors (Lipinski definition) is 1. The van der Waals surface area contributed by atoms with Crippen molar-refractivity contribution in [2.24, 2.45) is 0 Å². The Balaban J connectivity index is 1.81. The van der Waals surface area contributed by atoms with E-state index in [1.165, 1.54) is 11.1 Å². The zero-order chi connectivity index (χ0) is 19.8. The quantitative estimate of drug-likeness (QED) is 0.562. The van der Waals surface area contributed by atoms with Gasteiger partial charge in [0.25, 0.3) is 0 Å². The molecule has 2 unspecified atom stereocenters. The Morgan fingerprint density at radius 2 is 1.71 bits per heavy atom. The van der Waals surface area contributed by atoms with E-state index in [0.717, 1.165) is 38.6 Å². The molecular formula is C25H34N2O. The van der Waals surface area contributed by atoms with Crippen LogP contribution < -0.4 is 5.32 Å². The molecule has 1 N–H and O–H groups in total. The number of carbonyl (C=O) groups excluding carboxylic acids is 1. The van der Waals surface area contributed by atoms with Gasteiger partial charge in [-0.05, 0) is 37.3 Å². The van der Waals surface area contributed by atoms with Gasteiger partial charge in [-0.1, -0.05) is 80.4 Å². The summed E-state index contributed by atoms with van der Waals surface area (Å²) in [6.45, 7) is 5.36. The van der Waals surface area contributed by atoms with Crippen molar-refractivity contribution < 1.29 is 4.79 Å². The molecule has 0 bridgehead atoms. The monoisotopic (exact) mass is 378 g/mol. The molecule has 0 aromatic heterocycles. The van der Waals surface area contributed by atoms with Crippen LogP contribution in [-0.4, -0.2) is 22.9 Å². The molecule has 3 heteroatoms. The highest BCUT2D eigenvalue weighted by Gasteiger charge is 2.29. The molecule has 0 saturated heterocycles. The second-order valence-electron chi connectivity index (χ2n) is 8.09. The van der Waals surface area contributed by atoms with Crippen LogP contribution in [0.1, 0.15) is 69.5 Å². The first-order valence-electron chi connectivity index (χ1n) is 10.8. The molecular weight excluding hydrogens is 344 g/mol. The van der Waals surface area contributed by atoms with E-state index in [-0.39, 0.29) is 18.0 Å². The fraction of sp³-hybridized carbons (Fsp3) is 0.480. The summed E-state index contributed by atoms with van der Waals surface area (Å²) in [7, 11) is 0. The van der Waals surface area contributed by atoms with Crippen molar-refractivity contribution in [3.63, 3.8) is 0 Å². The van der Waals surface area contributed by atoms with E-state index in [1.54, 1.807) is 0 Å². The summed E-state index contributed by atoms with van der Waals surface area (Å²) in [5, 5.41) is 3.19. The average Bonchev–Trinajstić information content (AvgIpc) is 3.54. The third-order valence-corrected chi connectivity index (χ3v) is 5.71. The summed E-state index contributed by atoms with van der Waals surface area (Å²) in [5.41, 5.74) is 2.61. The van der Waals surface area contributed by atoms with Crippen LogP contribution in [0.2, 0.25) is 0 Å². The second-order valence-corrected chi connectivity index (χ2v) is 8.09. The number of nitrogens with zero attached hydrogens (tertiary/aromatic N) is 1. The van der Waals surface area contributed by atoms with Gasteiger partial charge in [0.15, 0.2) is 0 Å². The van der Waals surface area contributed by atoms with E-state index in [1.807, 2.05) is 0 Å². The van der Waals surface area contributed by atoms with Gasteiger partial charge in [-0.2, -0.15) is 0 Å². The van der Waals surface area contributed by atoms with E-state index in [0.29, 0.717) is 12.5 Å². The molecule has 0 spiro atoms. The maximum Gasteiger partial charge on any atom is 0.221 e. The molecule has 1 aliphatic rings. The average molecular weight is 379 g/mol. The highest BCUT2D eigenvalue weighted by molar-refractivity contribution is 5.77. The molecule has 28 heavy (non-hydrogen) atoms. The second kappa shape index (κ2) is 10.4. The van der Waals surface area contributed by atoms with Gasteiger partial charge < -0.3 is 5.32 Å². The first kappa shape index (κ1) is 20.6. The number of nitrogens with one attached hydrogen (secondary N) is 1. The molecule has 0 aliphatic heterocycles. The molecule has 0 heterocycles. The van der Waals surface area contributed by atoms with Crippen molar-refractivity contribution in [1.82, 2.24) is 10.2 Å². The number of benzene rings is 2. The van der Waals surface area contributed by atoms with Crippen molar-refractivity contribution in [2.75, 3.05) is 0 Å². The number of rotatable bonds is 11. The van der Waals surface area contributed by atoms with Crippen LogP contribution in [0, 0.1) is 0 Å². The van der Waals surface area contributed by atoms with Crippen LogP contribution >= 0.6 is 0 Å². The number of amides is 1. The number of carbonyl (C=O) groups is 1. The highest BCUT2D eigenvalue weighted by atomic mass is 16.1. The topological polar surface area (TPSA) is 32.3 Å². The van der Waals surface area contributed by atoms with Crippen LogP contribution in [0.15, 0.2) is 60.7 Å². The van der Waals surface area contributed by atoms with Gasteiger partial charge in [0, 0.05) is 31.1 Å². The van der Waals surface area contributed by atoms with Crippen molar-refractivity contribution in [3.8, 4) is 0 Å². The van der Waals surface area contributed by atoms with Gasteiger partial charge >= 0.3 is 0 Å². The van der Waals surface area contributed by atoms with Crippen molar-refractivity contribution in [3.05, 3.63) is 71.8 Å². The number of unbranched alkanes of at least 4 members (excludes halogenated alkanes) is 1. The molecule has 150 valence electrons. The van der Waals surface area contributed by atoms with Crippen LogP contribution in [-0.2, 0) is 11.3 Å². The van der Waals surface area contributed by atoms with Crippen molar-refractivity contribution in [1.29, 1.82) is 0 Å². The summed E-state index contributed by atoms with van der Waals surface area (Å²) in [5.74, 6) is 0.210. The Morgan fingerprint density at radius 1 is 1.07 bits per heavy atom. The van der Waals surface area contributed by atoms with E-state index in [9.17, 15) is 4.79 Å². The predicted octanol–water partition coefficient (Wildman–Crippen LogP) is 5.48. The maximum atomic E-state index is 12.6. The molecule has 1 saturated carbocycles. The van der Waals surface area contributed by atoms with Gasteiger partial charge in [-0.3, -0.25) is 9.69 Å². The Bertz CT molecular complexity index is 712. The smallest absolute Gasteiger partial charge is 0.221 e. The summed E-state index contributed by atoms with van der Waals surface area (Å²) < 4.78 is 0. The zero-order valence-corrected chi connectivity index (χ0v) is 17.3. The Labute approximate surface area is 170 Å². The molecule has 2 atom stereocenters. The predicted molar refractivity (Wildman–Crippen MR) is 116 cm³/mol. The minimum Gasteiger partial charge on any atom is -0.353 e. The maximum absolute atomic E-state index is 12.6. The van der Waals surface area contributed by atoms with Crippen molar-refractivity contribution in [2.45, 2.75) is 77.0 Å². The first-order chi connectivity index (χ1) is 13.7. The molecule has 0 radical (unpaired) electrons. The van der Waals surface area contributed by atoms with Crippen LogP contribution in [0.25, 0.3) is 0 Å². The van der Waals surface area contributed by atoms with Gasteiger partial charge in [0.2, 0.25) is 5.91 Å². The first-order valence-corrected chi connectivity index (χ1v) is 10.8. The highest BCUT2D eigenvalue weighted by Crippen LogP contribution is 2.29. The minimum absolute atomic E-state index is 0.210. The normalized spacial score (nSPS) is 16.0. The summed E-state index contributed by atoms with van der Waals surface area (Å²) in [6, 6.07) is 22.2. The fourth-order valence-corrected chi connectivity index (χ4v) is 3.85. The molecule has 1 aliphatic carbocycles. The van der Waals surface area contributed by atoms with Crippen molar-refractivity contribution >= 4 is 5.91 Å². The SMILES string of the molecule is CCCCC(CC(=O)NC1CC1)N(Cc1ccccc1)C(C)c1ccccc1. The van der Waals surface area contributed by atoms with Crippen LogP contribution in [0.5, 0.6) is 0 Å². The lowest BCUT2D eigenvalue weighted by atomic mass is 9.98. The van der Waals surface area contributed by atoms with E-state index in [4.69, 9.17) is 0 Å². The molecule has 2 aromatic carbocycles. The Hall–Kier alpha value is -2.13. The minimum atomic E-state index is 0.210. The van der Waals surface area contributed by atoms with Crippen LogP contribution in [0.4, 0.5) is 0 Å². The molecule has 2 aromatic rings. The summed E-state index contributed by atoms with van der Waals surface area (Å²) >= 11 is 0. The van der Waals surface area contributed by atoms with Gasteiger partial charge in [-0.25, -0.2) is 0 Å². The lowest BCUT2D eigenvalue weighted by Gasteiger charge is -2.37.